The molecule has 2 nitrogen and oxygen atoms in total. The van der Waals surface area contributed by atoms with Gasteiger partial charge in [0.1, 0.15) is 16.5 Å². The minimum atomic E-state index is -4.43. The number of thiocarbonyl (C=S) groups is 1. The molecule has 0 aliphatic rings. The molecule has 0 aliphatic heterocycles. The molecule has 0 saturated carbocycles. The molecule has 0 heterocycles. The van der Waals surface area contributed by atoms with E-state index in [4.69, 9.17) is 22.7 Å². The number of hydrogen-bond donors (Lipinski definition) is 1. The van der Waals surface area contributed by atoms with Crippen molar-refractivity contribution in [1.29, 1.82) is 0 Å². The van der Waals surface area contributed by atoms with E-state index in [2.05, 4.69) is 15.9 Å². The molecule has 0 unspecified atom stereocenters. The molecule has 0 amide bonds. The van der Waals surface area contributed by atoms with Gasteiger partial charge in [-0.25, -0.2) is 0 Å². The Labute approximate surface area is 132 Å². The summed E-state index contributed by atoms with van der Waals surface area (Å²) in [5.41, 5.74) is 5.24. The monoisotopic (exact) mass is 375 g/mol. The lowest BCUT2D eigenvalue weighted by molar-refractivity contribution is -0.137. The molecule has 2 N–H and O–H groups in total. The highest BCUT2D eigenvalue weighted by Gasteiger charge is 2.30. The summed E-state index contributed by atoms with van der Waals surface area (Å²) >= 11 is 8.16. The van der Waals surface area contributed by atoms with Crippen LogP contribution in [0.2, 0.25) is 0 Å². The van der Waals surface area contributed by atoms with E-state index in [9.17, 15) is 13.2 Å². The molecule has 0 spiro atoms. The first-order valence-corrected chi connectivity index (χ1v) is 6.92. The van der Waals surface area contributed by atoms with Crippen molar-refractivity contribution in [2.75, 3.05) is 0 Å². The van der Waals surface area contributed by atoms with Crippen LogP contribution in [-0.2, 0) is 6.18 Å². The van der Waals surface area contributed by atoms with Crippen molar-refractivity contribution in [1.82, 2.24) is 0 Å². The Morgan fingerprint density at radius 1 is 1.14 bits per heavy atom. The zero-order chi connectivity index (χ0) is 15.6. The summed E-state index contributed by atoms with van der Waals surface area (Å²) < 4.78 is 44.2. The Morgan fingerprint density at radius 2 is 1.86 bits per heavy atom. The van der Waals surface area contributed by atoms with Gasteiger partial charge in [-0.3, -0.25) is 0 Å². The molecule has 7 heteroatoms. The summed E-state index contributed by atoms with van der Waals surface area (Å²) in [7, 11) is 0. The molecule has 2 rings (SSSR count). The normalized spacial score (nSPS) is 11.2. The van der Waals surface area contributed by atoms with Crippen LogP contribution in [0.5, 0.6) is 11.5 Å². The number of benzene rings is 2. The number of rotatable bonds is 3. The van der Waals surface area contributed by atoms with E-state index in [0.29, 0.717) is 10.0 Å². The molecule has 2 aromatic rings. The third-order valence-corrected chi connectivity index (χ3v) is 3.31. The molecule has 0 atom stereocenters. The Hall–Kier alpha value is -1.60. The van der Waals surface area contributed by atoms with Gasteiger partial charge in [-0.05, 0) is 36.4 Å². The molecule has 0 saturated heterocycles. The number of ether oxygens (including phenoxy) is 1. The SMILES string of the molecule is NC(=S)c1ccc(Br)cc1Oc1cccc(C(F)(F)F)c1. The Balaban J connectivity index is 2.39. The van der Waals surface area contributed by atoms with Crippen LogP contribution >= 0.6 is 28.1 Å². The maximum Gasteiger partial charge on any atom is 0.416 e. The molecule has 2 aromatic carbocycles. The van der Waals surface area contributed by atoms with E-state index in [1.54, 1.807) is 18.2 Å². The molecule has 0 bridgehead atoms. The van der Waals surface area contributed by atoms with E-state index in [-0.39, 0.29) is 16.5 Å². The average molecular weight is 376 g/mol. The van der Waals surface area contributed by atoms with Crippen LogP contribution in [0.4, 0.5) is 13.2 Å². The number of hydrogen-bond acceptors (Lipinski definition) is 2. The first-order valence-electron chi connectivity index (χ1n) is 5.72. The van der Waals surface area contributed by atoms with Crippen molar-refractivity contribution < 1.29 is 17.9 Å². The predicted octanol–water partition coefficient (Wildman–Crippen LogP) is 4.89. The number of nitrogens with two attached hydrogens (primary N) is 1. The van der Waals surface area contributed by atoms with Crippen molar-refractivity contribution in [3.05, 3.63) is 58.1 Å². The fourth-order valence-corrected chi connectivity index (χ4v) is 2.16. The number of halogens is 4. The second-order valence-corrected chi connectivity index (χ2v) is 5.49. The van der Waals surface area contributed by atoms with Crippen molar-refractivity contribution in [3.63, 3.8) is 0 Å². The first kappa shape index (κ1) is 15.8. The quantitative estimate of drug-likeness (QED) is 0.775. The topological polar surface area (TPSA) is 35.2 Å². The van der Waals surface area contributed by atoms with E-state index in [0.717, 1.165) is 12.1 Å². The van der Waals surface area contributed by atoms with Gasteiger partial charge in [0.15, 0.2) is 0 Å². The summed E-state index contributed by atoms with van der Waals surface area (Å²) in [5.74, 6) is 0.344. The van der Waals surface area contributed by atoms with Gasteiger partial charge < -0.3 is 10.5 Å². The van der Waals surface area contributed by atoms with Gasteiger partial charge in [0, 0.05) is 4.47 Å². The predicted molar refractivity (Wildman–Crippen MR) is 81.5 cm³/mol. The highest BCUT2D eigenvalue weighted by molar-refractivity contribution is 9.10. The second-order valence-electron chi connectivity index (χ2n) is 4.13. The maximum absolute atomic E-state index is 12.7. The van der Waals surface area contributed by atoms with E-state index in [1.807, 2.05) is 0 Å². The van der Waals surface area contributed by atoms with Gasteiger partial charge in [0.2, 0.25) is 0 Å². The second kappa shape index (κ2) is 6.03. The van der Waals surface area contributed by atoms with Crippen LogP contribution in [-0.4, -0.2) is 4.99 Å². The lowest BCUT2D eigenvalue weighted by Gasteiger charge is -2.13. The van der Waals surface area contributed by atoms with Gasteiger partial charge in [-0.1, -0.05) is 34.2 Å². The Bertz CT molecular complexity index is 688. The van der Waals surface area contributed by atoms with Gasteiger partial charge in [0.25, 0.3) is 0 Å². The first-order chi connectivity index (χ1) is 9.77. The van der Waals surface area contributed by atoms with Crippen LogP contribution in [0.1, 0.15) is 11.1 Å². The molecule has 110 valence electrons. The highest BCUT2D eigenvalue weighted by atomic mass is 79.9. The average Bonchev–Trinajstić information content (AvgIpc) is 2.37. The fourth-order valence-electron chi connectivity index (χ4n) is 1.65. The van der Waals surface area contributed by atoms with E-state index < -0.39 is 11.7 Å². The minimum absolute atomic E-state index is 0.0559. The summed E-state index contributed by atoms with van der Waals surface area (Å²) in [6.07, 6.45) is -4.43. The molecule has 0 radical (unpaired) electrons. The minimum Gasteiger partial charge on any atom is -0.457 e. The lowest BCUT2D eigenvalue weighted by Crippen LogP contribution is -2.11. The van der Waals surface area contributed by atoms with Crippen LogP contribution in [0.3, 0.4) is 0 Å². The third-order valence-electron chi connectivity index (χ3n) is 2.60. The van der Waals surface area contributed by atoms with Crippen LogP contribution in [0.15, 0.2) is 46.9 Å². The van der Waals surface area contributed by atoms with Crippen molar-refractivity contribution in [2.24, 2.45) is 5.73 Å². The zero-order valence-electron chi connectivity index (χ0n) is 10.4. The van der Waals surface area contributed by atoms with Crippen LogP contribution in [0, 0.1) is 0 Å². The van der Waals surface area contributed by atoms with E-state index in [1.165, 1.54) is 12.1 Å². The van der Waals surface area contributed by atoms with Crippen molar-refractivity contribution >= 4 is 33.1 Å². The lowest BCUT2D eigenvalue weighted by atomic mass is 10.2. The van der Waals surface area contributed by atoms with Crippen molar-refractivity contribution in [3.8, 4) is 11.5 Å². The van der Waals surface area contributed by atoms with Crippen molar-refractivity contribution in [2.45, 2.75) is 6.18 Å². The smallest absolute Gasteiger partial charge is 0.416 e. The summed E-state index contributed by atoms with van der Waals surface area (Å²) in [4.78, 5) is 0.101. The van der Waals surface area contributed by atoms with Gasteiger partial charge in [-0.15, -0.1) is 0 Å². The summed E-state index contributed by atoms with van der Waals surface area (Å²) in [5, 5.41) is 0. The molecule has 0 aliphatic carbocycles. The molecular formula is C14H9BrF3NOS. The maximum atomic E-state index is 12.7. The van der Waals surface area contributed by atoms with Gasteiger partial charge in [-0.2, -0.15) is 13.2 Å². The third kappa shape index (κ3) is 3.95. The van der Waals surface area contributed by atoms with Crippen LogP contribution in [0.25, 0.3) is 0 Å². The highest BCUT2D eigenvalue weighted by Crippen LogP contribution is 2.34. The molecular weight excluding hydrogens is 367 g/mol. The molecule has 21 heavy (non-hydrogen) atoms. The van der Waals surface area contributed by atoms with E-state index >= 15 is 0 Å². The standard InChI is InChI=1S/C14H9BrF3NOS/c15-9-4-5-11(13(19)21)12(7-9)20-10-3-1-2-8(6-10)14(16,17)18/h1-7H,(H2,19,21). The van der Waals surface area contributed by atoms with Gasteiger partial charge in [0.05, 0.1) is 11.1 Å². The Kier molecular flexibility index (Phi) is 4.53. The molecule has 0 aromatic heterocycles. The Morgan fingerprint density at radius 3 is 2.48 bits per heavy atom. The van der Waals surface area contributed by atoms with Gasteiger partial charge >= 0.3 is 6.18 Å². The summed E-state index contributed by atoms with van der Waals surface area (Å²) in [6.45, 7) is 0. The fraction of sp³-hybridized carbons (Fsp3) is 0.0714. The summed E-state index contributed by atoms with van der Waals surface area (Å²) in [6, 6.07) is 9.54. The largest absolute Gasteiger partial charge is 0.457 e. The van der Waals surface area contributed by atoms with Crippen LogP contribution < -0.4 is 10.5 Å². The zero-order valence-corrected chi connectivity index (χ0v) is 12.8. The number of alkyl halides is 3. The molecule has 0 fully saturated rings.